The van der Waals surface area contributed by atoms with E-state index in [2.05, 4.69) is 190 Å². The highest BCUT2D eigenvalue weighted by Gasteiger charge is 2.25. The van der Waals surface area contributed by atoms with Crippen LogP contribution in [0.4, 0.5) is 0 Å². The summed E-state index contributed by atoms with van der Waals surface area (Å²) >= 11 is 0. The lowest BCUT2D eigenvalue weighted by molar-refractivity contribution is 0.951. The minimum Gasteiger partial charge on any atom is -0.309 e. The molecular formula is C64H40N6. The minimum absolute atomic E-state index is 0.113. The lowest BCUT2D eigenvalue weighted by Crippen LogP contribution is -2.09. The molecule has 6 nitrogen and oxygen atoms in total. The van der Waals surface area contributed by atoms with Crippen molar-refractivity contribution < 1.29 is 5.48 Å². The summed E-state index contributed by atoms with van der Waals surface area (Å²) in [5, 5.41) is 7.75. The zero-order valence-electron chi connectivity index (χ0n) is 41.5. The molecule has 0 aliphatic heterocycles. The van der Waals surface area contributed by atoms with Gasteiger partial charge in [0.2, 0.25) is 5.95 Å². The first-order valence-electron chi connectivity index (χ1n) is 25.5. The third kappa shape index (κ3) is 5.56. The monoisotopic (exact) mass is 896 g/mol. The molecule has 0 N–H and O–H groups in total. The fraction of sp³-hybridized carbons (Fsp3) is 0. The molecule has 0 aliphatic rings. The molecule has 6 heteroatoms. The third-order valence-corrected chi connectivity index (χ3v) is 14.1. The summed E-state index contributed by atoms with van der Waals surface area (Å²) in [6, 6.07) is 75.0. The summed E-state index contributed by atoms with van der Waals surface area (Å²) in [6.07, 6.45) is 0. The van der Waals surface area contributed by atoms with Crippen LogP contribution in [0.3, 0.4) is 0 Å². The second-order valence-corrected chi connectivity index (χ2v) is 17.8. The molecule has 15 aromatic rings. The van der Waals surface area contributed by atoms with E-state index in [4.69, 9.17) is 12.7 Å². The van der Waals surface area contributed by atoms with Crippen LogP contribution in [0.25, 0.3) is 133 Å². The van der Waals surface area contributed by atoms with Crippen LogP contribution in [0.1, 0.15) is 5.48 Å². The van der Waals surface area contributed by atoms with Crippen molar-refractivity contribution in [2.75, 3.05) is 0 Å². The van der Waals surface area contributed by atoms with Crippen LogP contribution in [0.15, 0.2) is 243 Å². The molecule has 0 saturated carbocycles. The van der Waals surface area contributed by atoms with Crippen molar-refractivity contribution in [1.29, 1.82) is 0 Å². The number of hydrogen-bond donors (Lipinski definition) is 0. The summed E-state index contributed by atoms with van der Waals surface area (Å²) in [5.74, 6) is 0.860. The molecule has 5 aromatic heterocycles. The van der Waals surface area contributed by atoms with Gasteiger partial charge in [-0.2, -0.15) is 4.98 Å². The molecule has 0 amide bonds. The van der Waals surface area contributed by atoms with Crippen LogP contribution in [0.5, 0.6) is 0 Å². The lowest BCUT2D eigenvalue weighted by atomic mass is 9.94. The van der Waals surface area contributed by atoms with Crippen molar-refractivity contribution in [1.82, 2.24) is 28.2 Å². The molecule has 5 heterocycles. The zero-order chi connectivity index (χ0) is 49.3. The molecule has 70 heavy (non-hydrogen) atoms. The van der Waals surface area contributed by atoms with Crippen molar-refractivity contribution in [3.63, 3.8) is 0 Å². The summed E-state index contributed by atoms with van der Waals surface area (Å²) < 4.78 is 45.2. The van der Waals surface area contributed by atoms with Gasteiger partial charge >= 0.3 is 0 Å². The largest absolute Gasteiger partial charge is 0.309 e. The maximum atomic E-state index is 9.51. The summed E-state index contributed by atoms with van der Waals surface area (Å²) in [4.78, 5) is 11.2. The number of benzene rings is 10. The van der Waals surface area contributed by atoms with Gasteiger partial charge in [0.15, 0.2) is 0 Å². The SMILES string of the molecule is [2H]c1c([2H])c([2H])c2c(c1[2H])c1ccccc1n2-c1nc(-c2c(-c3ccc4c(c3)c3ccccc3n4-c3ccccc3)cccc2-n2c3ccccc3c3ccccc32)cc(-n2c3ccccc3c3ccccc32)n1. The highest BCUT2D eigenvalue weighted by molar-refractivity contribution is 6.14. The van der Waals surface area contributed by atoms with E-state index < -0.39 is 0 Å². The van der Waals surface area contributed by atoms with E-state index in [1.165, 1.54) is 0 Å². The van der Waals surface area contributed by atoms with Gasteiger partial charge in [0, 0.05) is 60.4 Å². The first-order chi connectivity index (χ1) is 36.4. The Morgan fingerprint density at radius 3 is 1.43 bits per heavy atom. The van der Waals surface area contributed by atoms with Gasteiger partial charge in [0.1, 0.15) is 5.82 Å². The number of aromatic nitrogens is 6. The van der Waals surface area contributed by atoms with Crippen LogP contribution < -0.4 is 0 Å². The van der Waals surface area contributed by atoms with Gasteiger partial charge in [0.05, 0.1) is 61.0 Å². The Bertz CT molecular complexity index is 4740. The first kappa shape index (κ1) is 34.7. The van der Waals surface area contributed by atoms with Gasteiger partial charge < -0.3 is 9.13 Å². The second kappa shape index (κ2) is 15.0. The van der Waals surface area contributed by atoms with Crippen LogP contribution in [-0.4, -0.2) is 28.2 Å². The minimum atomic E-state index is -0.326. The Balaban J connectivity index is 1.11. The van der Waals surface area contributed by atoms with Gasteiger partial charge in [-0.15, -0.1) is 0 Å². The molecule has 15 rings (SSSR count). The van der Waals surface area contributed by atoms with Gasteiger partial charge in [-0.05, 0) is 83.9 Å². The van der Waals surface area contributed by atoms with E-state index in [-0.39, 0.29) is 30.1 Å². The van der Waals surface area contributed by atoms with E-state index >= 15 is 0 Å². The smallest absolute Gasteiger partial charge is 0.237 e. The highest BCUT2D eigenvalue weighted by Crippen LogP contribution is 2.44. The molecule has 0 spiro atoms. The number of hydrogen-bond acceptors (Lipinski definition) is 2. The fourth-order valence-corrected chi connectivity index (χ4v) is 11.2. The Morgan fingerprint density at radius 2 is 0.814 bits per heavy atom. The molecule has 0 atom stereocenters. The standard InChI is InChI=1S/C64H40N6/c1-2-19-42(20-3-1)67-53-29-11-10-27-50(53)51-39-41(37-38-60(51)67)43-28-18-36-61(68-54-30-12-4-21-44(54)45-22-5-13-31-55(45)68)63(43)52-40-62(69-56-32-14-6-23-46(56)47-24-7-15-33-57(47)69)66-64(65-52)70-58-34-16-8-25-48(58)49-26-9-17-35-59(49)70/h1-40H/i8D,16D,25D,34D. The molecule has 0 radical (unpaired) electrons. The Labute approximate surface area is 407 Å². The molecule has 0 fully saturated rings. The predicted octanol–water partition coefficient (Wildman–Crippen LogP) is 16.2. The summed E-state index contributed by atoms with van der Waals surface area (Å²) in [6.45, 7) is 0. The maximum absolute atomic E-state index is 9.51. The molecule has 326 valence electrons. The molecule has 10 aromatic carbocycles. The Hall–Kier alpha value is -9.52. The fourth-order valence-electron chi connectivity index (χ4n) is 11.2. The molecule has 0 saturated heterocycles. The van der Waals surface area contributed by atoms with Crippen LogP contribution in [0, 0.1) is 0 Å². The average molecular weight is 897 g/mol. The van der Waals surface area contributed by atoms with Crippen molar-refractivity contribution in [2.24, 2.45) is 0 Å². The number of para-hydroxylation sites is 8. The Morgan fingerprint density at radius 1 is 0.329 bits per heavy atom. The predicted molar refractivity (Wildman–Crippen MR) is 290 cm³/mol. The normalized spacial score (nSPS) is 12.8. The first-order valence-corrected chi connectivity index (χ1v) is 23.5. The lowest BCUT2D eigenvalue weighted by Gasteiger charge is -2.20. The van der Waals surface area contributed by atoms with E-state index in [9.17, 15) is 2.74 Å². The second-order valence-electron chi connectivity index (χ2n) is 17.8. The molecular weight excluding hydrogens is 853 g/mol. The Kier molecular flexibility index (Phi) is 7.44. The third-order valence-electron chi connectivity index (χ3n) is 14.1. The van der Waals surface area contributed by atoms with Gasteiger partial charge in [-0.3, -0.25) is 9.13 Å². The maximum Gasteiger partial charge on any atom is 0.237 e. The van der Waals surface area contributed by atoms with E-state index in [1.807, 2.05) is 47.0 Å². The summed E-state index contributed by atoms with van der Waals surface area (Å²) in [7, 11) is 0. The molecule has 0 unspecified atom stereocenters. The number of fused-ring (bicyclic) bond motifs is 12. The van der Waals surface area contributed by atoms with Crippen LogP contribution >= 0.6 is 0 Å². The van der Waals surface area contributed by atoms with E-state index in [0.717, 1.165) is 93.5 Å². The number of nitrogens with zero attached hydrogens (tertiary/aromatic N) is 6. The quantitative estimate of drug-likeness (QED) is 0.167. The van der Waals surface area contributed by atoms with Crippen molar-refractivity contribution in [2.45, 2.75) is 0 Å². The average Bonchev–Trinajstić information content (AvgIpc) is 4.19. The molecule has 0 bridgehead atoms. The van der Waals surface area contributed by atoms with E-state index in [0.29, 0.717) is 33.3 Å². The van der Waals surface area contributed by atoms with Crippen LogP contribution in [0.2, 0.25) is 0 Å². The van der Waals surface area contributed by atoms with Gasteiger partial charge in [-0.1, -0.05) is 164 Å². The highest BCUT2D eigenvalue weighted by atomic mass is 15.2. The van der Waals surface area contributed by atoms with Gasteiger partial charge in [0.25, 0.3) is 0 Å². The number of rotatable bonds is 6. The van der Waals surface area contributed by atoms with Crippen molar-refractivity contribution in [3.8, 4) is 45.5 Å². The summed E-state index contributed by atoms with van der Waals surface area (Å²) in [5.41, 5.74) is 12.6. The van der Waals surface area contributed by atoms with Crippen molar-refractivity contribution >= 4 is 87.2 Å². The zero-order valence-corrected chi connectivity index (χ0v) is 37.5. The van der Waals surface area contributed by atoms with E-state index in [1.54, 1.807) is 0 Å². The molecule has 0 aliphatic carbocycles. The topological polar surface area (TPSA) is 45.5 Å². The van der Waals surface area contributed by atoms with Crippen molar-refractivity contribution in [3.05, 3.63) is 243 Å². The van der Waals surface area contributed by atoms with Crippen LogP contribution in [-0.2, 0) is 0 Å². The van der Waals surface area contributed by atoms with Gasteiger partial charge in [-0.25, -0.2) is 4.98 Å².